The highest BCUT2D eigenvalue weighted by atomic mass is 35.5. The number of carbonyl (C=O) groups excluding carboxylic acids is 2. The van der Waals surface area contributed by atoms with Gasteiger partial charge in [0.2, 0.25) is 5.91 Å². The number of hydrogen-bond acceptors (Lipinski definition) is 4. The third-order valence-corrected chi connectivity index (χ3v) is 3.61. The summed E-state index contributed by atoms with van der Waals surface area (Å²) in [7, 11) is 0. The van der Waals surface area contributed by atoms with Crippen LogP contribution in [0.1, 0.15) is 32.3 Å². The molecule has 1 atom stereocenters. The largest absolute Gasteiger partial charge is 0.481 e. The van der Waals surface area contributed by atoms with Crippen molar-refractivity contribution in [2.24, 2.45) is 11.0 Å². The summed E-state index contributed by atoms with van der Waals surface area (Å²) in [6.45, 7) is 3.30. The third kappa shape index (κ3) is 3.62. The Bertz CT molecular complexity index is 623. The van der Waals surface area contributed by atoms with Crippen LogP contribution in [0.2, 0.25) is 5.02 Å². The van der Waals surface area contributed by atoms with E-state index < -0.39 is 5.82 Å². The second-order valence-electron chi connectivity index (χ2n) is 5.09. The van der Waals surface area contributed by atoms with Crippen molar-refractivity contribution in [2.45, 2.75) is 26.7 Å². The van der Waals surface area contributed by atoms with Gasteiger partial charge in [-0.15, -0.1) is 0 Å². The molecule has 7 heteroatoms. The zero-order chi connectivity index (χ0) is 16.3. The average molecular weight is 327 g/mol. The molecule has 0 bridgehead atoms. The highest BCUT2D eigenvalue weighted by Crippen LogP contribution is 2.31. The summed E-state index contributed by atoms with van der Waals surface area (Å²) < 4.78 is 19.3. The van der Waals surface area contributed by atoms with Gasteiger partial charge in [0.15, 0.2) is 17.3 Å². The van der Waals surface area contributed by atoms with Crippen LogP contribution in [0.25, 0.3) is 0 Å². The molecule has 2 rings (SSSR count). The van der Waals surface area contributed by atoms with Gasteiger partial charge >= 0.3 is 0 Å². The van der Waals surface area contributed by atoms with E-state index in [1.165, 1.54) is 12.1 Å². The molecule has 1 aromatic rings. The van der Waals surface area contributed by atoms with Crippen LogP contribution in [0.3, 0.4) is 0 Å². The van der Waals surface area contributed by atoms with E-state index in [-0.39, 0.29) is 41.4 Å². The van der Waals surface area contributed by atoms with Crippen LogP contribution in [0.15, 0.2) is 17.2 Å². The fourth-order valence-electron chi connectivity index (χ4n) is 2.10. The zero-order valence-corrected chi connectivity index (χ0v) is 13.0. The fourth-order valence-corrected chi connectivity index (χ4v) is 2.37. The average Bonchev–Trinajstić information content (AvgIpc) is 2.45. The quantitative estimate of drug-likeness (QED) is 0.904. The lowest BCUT2D eigenvalue weighted by Crippen LogP contribution is -2.32. The minimum absolute atomic E-state index is 0.0608. The van der Waals surface area contributed by atoms with E-state index >= 15 is 0 Å². The number of ether oxygens (including phenoxy) is 1. The Labute approximate surface area is 132 Å². The smallest absolute Gasteiger partial charge is 0.240 e. The first-order valence-corrected chi connectivity index (χ1v) is 7.30. The molecule has 0 spiro atoms. The third-order valence-electron chi connectivity index (χ3n) is 3.33. The van der Waals surface area contributed by atoms with Crippen molar-refractivity contribution >= 4 is 29.0 Å². The number of benzene rings is 1. The predicted octanol–water partition coefficient (Wildman–Crippen LogP) is 2.70. The number of amides is 1. The molecule has 0 radical (unpaired) electrons. The minimum atomic E-state index is -0.668. The van der Waals surface area contributed by atoms with Crippen molar-refractivity contribution in [3.05, 3.63) is 28.5 Å². The number of Topliss-reactive ketones (excluding diaryl/α,β-unsaturated/α-hetero) is 1. The van der Waals surface area contributed by atoms with Crippen LogP contribution in [-0.4, -0.2) is 24.0 Å². The van der Waals surface area contributed by atoms with Gasteiger partial charge in [0.1, 0.15) is 6.61 Å². The van der Waals surface area contributed by atoms with E-state index in [4.69, 9.17) is 16.3 Å². The molecule has 118 valence electrons. The number of nitrogens with zero attached hydrogens (tertiary/aromatic N) is 1. The summed E-state index contributed by atoms with van der Waals surface area (Å²) in [5.41, 5.74) is 3.40. The molecule has 22 heavy (non-hydrogen) atoms. The summed E-state index contributed by atoms with van der Waals surface area (Å²) in [5, 5.41) is 4.02. The molecule has 0 aromatic heterocycles. The van der Waals surface area contributed by atoms with Crippen LogP contribution in [0.4, 0.5) is 4.39 Å². The van der Waals surface area contributed by atoms with Crippen LogP contribution >= 0.6 is 11.6 Å². The first-order chi connectivity index (χ1) is 10.4. The SMILES string of the molecule is CCC(=O)COc1c(F)cc(C2=NNC(=O)CC2C)cc1Cl. The summed E-state index contributed by atoms with van der Waals surface area (Å²) >= 11 is 6.04. The monoisotopic (exact) mass is 326 g/mol. The van der Waals surface area contributed by atoms with Gasteiger partial charge < -0.3 is 4.74 Å². The number of carbonyl (C=O) groups is 2. The van der Waals surface area contributed by atoms with E-state index in [1.807, 2.05) is 6.92 Å². The molecule has 0 fully saturated rings. The predicted molar refractivity (Wildman–Crippen MR) is 80.7 cm³/mol. The molecule has 0 saturated carbocycles. The maximum atomic E-state index is 14.2. The van der Waals surface area contributed by atoms with Crippen LogP contribution in [-0.2, 0) is 9.59 Å². The van der Waals surface area contributed by atoms with E-state index in [9.17, 15) is 14.0 Å². The van der Waals surface area contributed by atoms with Gasteiger partial charge in [-0.3, -0.25) is 9.59 Å². The summed E-state index contributed by atoms with van der Waals surface area (Å²) in [4.78, 5) is 22.5. The van der Waals surface area contributed by atoms with Crippen LogP contribution in [0, 0.1) is 11.7 Å². The Hall–Kier alpha value is -1.95. The van der Waals surface area contributed by atoms with Gasteiger partial charge in [0.25, 0.3) is 0 Å². The molecule has 1 aliphatic rings. The fraction of sp³-hybridized carbons (Fsp3) is 0.400. The number of rotatable bonds is 5. The first kappa shape index (κ1) is 16.4. The standard InChI is InChI=1S/C15H16ClFN2O3/c1-3-10(20)7-22-15-11(16)5-9(6-12(15)17)14-8(2)4-13(21)18-19-14/h5-6,8H,3-4,7H2,1-2H3,(H,18,21). The Morgan fingerprint density at radius 1 is 1.55 bits per heavy atom. The van der Waals surface area contributed by atoms with E-state index in [0.29, 0.717) is 17.7 Å². The number of hydrogen-bond donors (Lipinski definition) is 1. The molecule has 1 aromatic carbocycles. The second kappa shape index (κ2) is 6.87. The zero-order valence-electron chi connectivity index (χ0n) is 12.3. The molecule has 1 N–H and O–H groups in total. The van der Waals surface area contributed by atoms with Crippen molar-refractivity contribution < 1.29 is 18.7 Å². The van der Waals surface area contributed by atoms with Crippen molar-refractivity contribution in [3.8, 4) is 5.75 Å². The molecular formula is C15H16ClFN2O3. The Morgan fingerprint density at radius 3 is 2.86 bits per heavy atom. The normalized spacial score (nSPS) is 17.7. The van der Waals surface area contributed by atoms with Gasteiger partial charge in [-0.1, -0.05) is 25.4 Å². The minimum Gasteiger partial charge on any atom is -0.481 e. The van der Waals surface area contributed by atoms with Gasteiger partial charge in [-0.05, 0) is 12.1 Å². The number of hydrazone groups is 1. The van der Waals surface area contributed by atoms with Gasteiger partial charge in [0.05, 0.1) is 10.7 Å². The molecule has 1 unspecified atom stereocenters. The van der Waals surface area contributed by atoms with E-state index in [1.54, 1.807) is 6.92 Å². The van der Waals surface area contributed by atoms with Gasteiger partial charge in [0, 0.05) is 24.3 Å². The molecule has 5 nitrogen and oxygen atoms in total. The Morgan fingerprint density at radius 2 is 2.27 bits per heavy atom. The topological polar surface area (TPSA) is 67.8 Å². The van der Waals surface area contributed by atoms with Gasteiger partial charge in [-0.2, -0.15) is 5.10 Å². The summed E-state index contributed by atoms with van der Waals surface area (Å²) in [6, 6.07) is 2.76. The molecule has 1 aliphatic heterocycles. The first-order valence-electron chi connectivity index (χ1n) is 6.92. The maximum absolute atomic E-state index is 14.2. The van der Waals surface area contributed by atoms with Crippen molar-refractivity contribution in [2.75, 3.05) is 6.61 Å². The maximum Gasteiger partial charge on any atom is 0.240 e. The lowest BCUT2D eigenvalue weighted by molar-refractivity contribution is -0.122. The molecule has 0 aliphatic carbocycles. The second-order valence-corrected chi connectivity index (χ2v) is 5.49. The number of halogens is 2. The highest BCUT2D eigenvalue weighted by molar-refractivity contribution is 6.32. The highest BCUT2D eigenvalue weighted by Gasteiger charge is 2.23. The van der Waals surface area contributed by atoms with Gasteiger partial charge in [-0.25, -0.2) is 9.82 Å². The molecule has 1 amide bonds. The van der Waals surface area contributed by atoms with Crippen molar-refractivity contribution in [1.82, 2.24) is 5.43 Å². The number of ketones is 1. The molecule has 0 saturated heterocycles. The summed E-state index contributed by atoms with van der Waals surface area (Å²) in [5.74, 6) is -1.29. The van der Waals surface area contributed by atoms with Crippen LogP contribution < -0.4 is 10.2 Å². The van der Waals surface area contributed by atoms with Crippen molar-refractivity contribution in [1.29, 1.82) is 0 Å². The Kier molecular flexibility index (Phi) is 5.13. The summed E-state index contributed by atoms with van der Waals surface area (Å²) in [6.07, 6.45) is 0.590. The van der Waals surface area contributed by atoms with E-state index in [0.717, 1.165) is 0 Å². The van der Waals surface area contributed by atoms with Crippen molar-refractivity contribution in [3.63, 3.8) is 0 Å². The molecule has 1 heterocycles. The van der Waals surface area contributed by atoms with Crippen LogP contribution in [0.5, 0.6) is 5.75 Å². The molecular weight excluding hydrogens is 311 g/mol. The lowest BCUT2D eigenvalue weighted by Gasteiger charge is -2.20. The van der Waals surface area contributed by atoms with E-state index in [2.05, 4.69) is 10.5 Å². The lowest BCUT2D eigenvalue weighted by atomic mass is 9.94. The Balaban J connectivity index is 2.26. The number of nitrogens with one attached hydrogen (secondary N) is 1.